The summed E-state index contributed by atoms with van der Waals surface area (Å²) in [6.07, 6.45) is 57.9. The molecule has 0 saturated carbocycles. The van der Waals surface area contributed by atoms with Gasteiger partial charge in [0.2, 0.25) is 5.91 Å². The predicted octanol–water partition coefficient (Wildman–Crippen LogP) is 17.2. The lowest BCUT2D eigenvalue weighted by Gasteiger charge is -2.41. The van der Waals surface area contributed by atoms with Crippen molar-refractivity contribution in [3.8, 4) is 0 Å². The first-order valence-electron chi connectivity index (χ1n) is 34.6. The summed E-state index contributed by atoms with van der Waals surface area (Å²) >= 11 is 0. The van der Waals surface area contributed by atoms with Crippen molar-refractivity contribution in [2.75, 3.05) is 13.2 Å². The molecule has 472 valence electrons. The van der Waals surface area contributed by atoms with Crippen LogP contribution in [0.4, 0.5) is 0 Å². The molecule has 8 atom stereocenters. The Morgan fingerprint density at radius 3 is 1.21 bits per heavy atom. The van der Waals surface area contributed by atoms with Gasteiger partial charge in [0, 0.05) is 6.42 Å². The highest BCUT2D eigenvalue weighted by atomic mass is 16.7. The van der Waals surface area contributed by atoms with Gasteiger partial charge >= 0.3 is 5.97 Å². The van der Waals surface area contributed by atoms with Crippen molar-refractivity contribution in [2.45, 2.75) is 391 Å². The number of carbonyl (C=O) groups is 2. The molecular weight excluding hydrogens is 1000 g/mol. The molecule has 1 fully saturated rings. The zero-order valence-corrected chi connectivity index (χ0v) is 52.5. The van der Waals surface area contributed by atoms with Crippen LogP contribution in [0.2, 0.25) is 0 Å². The van der Waals surface area contributed by atoms with Gasteiger partial charge in [-0.3, -0.25) is 9.59 Å². The van der Waals surface area contributed by atoms with Gasteiger partial charge in [0.05, 0.1) is 25.4 Å². The van der Waals surface area contributed by atoms with Gasteiger partial charge in [0.1, 0.15) is 24.4 Å². The van der Waals surface area contributed by atoms with Crippen LogP contribution in [0.5, 0.6) is 0 Å². The molecule has 6 N–H and O–H groups in total. The number of amides is 1. The average molecular weight is 1130 g/mol. The standard InChI is InChI=1S/C69H131NO10/c1-4-7-10-13-16-19-22-25-27-29-30-31-32-33-35-36-38-41-44-47-50-53-56-62(73)68(77)70-60(61(72)55-52-49-46-43-40-24-21-18-15-12-9-6-3)59-78-69-67(66(76)65(75)63(58-71)79-69)80-64(74)57-54-51-48-45-42-39-37-34-28-26-23-20-17-14-11-8-5-2/h25,27,52,55,60-63,65-67,69,71-73,75-76H,4-24,26,28-51,53-54,56-59H2,1-3H3,(H,70,77)/b27-25+,55-52+. The largest absolute Gasteiger partial charge is 0.454 e. The maximum absolute atomic E-state index is 13.5. The van der Waals surface area contributed by atoms with Crippen LogP contribution in [0.25, 0.3) is 0 Å². The Kier molecular flexibility index (Phi) is 54.8. The first kappa shape index (κ1) is 76.2. The SMILES string of the molecule is CCCCCCCC/C=C/CCCCCCCCCCCCCCC(O)C(=O)NC(COC1OC(CO)C(O)C(O)C1OC(=O)CCCCCCCCCCCCCCCCCCC)C(O)/C=C/CCCCCCCCCCCC. The third-order valence-electron chi connectivity index (χ3n) is 16.6. The van der Waals surface area contributed by atoms with E-state index in [0.29, 0.717) is 19.3 Å². The van der Waals surface area contributed by atoms with E-state index in [4.69, 9.17) is 14.2 Å². The van der Waals surface area contributed by atoms with E-state index >= 15 is 0 Å². The summed E-state index contributed by atoms with van der Waals surface area (Å²) in [4.78, 5) is 26.6. The maximum Gasteiger partial charge on any atom is 0.306 e. The molecule has 1 aliphatic heterocycles. The zero-order valence-electron chi connectivity index (χ0n) is 52.5. The molecular formula is C69H131NO10. The molecule has 0 aromatic heterocycles. The lowest BCUT2D eigenvalue weighted by atomic mass is 9.99. The molecule has 1 heterocycles. The third kappa shape index (κ3) is 44.6. The van der Waals surface area contributed by atoms with Gasteiger partial charge in [-0.1, -0.05) is 308 Å². The lowest BCUT2D eigenvalue weighted by Crippen LogP contribution is -2.61. The Balaban J connectivity index is 2.59. The van der Waals surface area contributed by atoms with E-state index in [9.17, 15) is 35.1 Å². The van der Waals surface area contributed by atoms with Crippen LogP contribution in [-0.4, -0.2) is 99.6 Å². The van der Waals surface area contributed by atoms with Crippen LogP contribution in [0.15, 0.2) is 24.3 Å². The smallest absolute Gasteiger partial charge is 0.306 e. The molecule has 0 aromatic carbocycles. The fourth-order valence-corrected chi connectivity index (χ4v) is 11.1. The van der Waals surface area contributed by atoms with Gasteiger partial charge in [0.15, 0.2) is 12.4 Å². The molecule has 1 amide bonds. The fraction of sp³-hybridized carbons (Fsp3) is 0.913. The van der Waals surface area contributed by atoms with Gasteiger partial charge in [-0.05, 0) is 51.4 Å². The Morgan fingerprint density at radius 2 is 0.825 bits per heavy atom. The summed E-state index contributed by atoms with van der Waals surface area (Å²) in [5, 5.41) is 57.2. The highest BCUT2D eigenvalue weighted by Crippen LogP contribution is 2.26. The number of aliphatic hydroxyl groups excluding tert-OH is 5. The Morgan fingerprint density at radius 1 is 0.475 bits per heavy atom. The lowest BCUT2D eigenvalue weighted by molar-refractivity contribution is -0.305. The summed E-state index contributed by atoms with van der Waals surface area (Å²) in [7, 11) is 0. The summed E-state index contributed by atoms with van der Waals surface area (Å²) in [6, 6.07) is -1.02. The minimum atomic E-state index is -1.61. The van der Waals surface area contributed by atoms with Crippen LogP contribution < -0.4 is 5.32 Å². The van der Waals surface area contributed by atoms with Crippen LogP contribution in [0.1, 0.15) is 342 Å². The third-order valence-corrected chi connectivity index (χ3v) is 16.6. The van der Waals surface area contributed by atoms with Crippen LogP contribution in [0, 0.1) is 0 Å². The van der Waals surface area contributed by atoms with Crippen molar-refractivity contribution < 1.29 is 49.3 Å². The van der Waals surface area contributed by atoms with Gasteiger partial charge < -0.3 is 45.1 Å². The van der Waals surface area contributed by atoms with Crippen molar-refractivity contribution in [1.82, 2.24) is 5.32 Å². The molecule has 8 unspecified atom stereocenters. The van der Waals surface area contributed by atoms with Gasteiger partial charge in [-0.15, -0.1) is 0 Å². The number of aliphatic hydroxyl groups is 5. The molecule has 11 heteroatoms. The van der Waals surface area contributed by atoms with E-state index in [-0.39, 0.29) is 13.0 Å². The molecule has 80 heavy (non-hydrogen) atoms. The van der Waals surface area contributed by atoms with Crippen molar-refractivity contribution in [3.05, 3.63) is 24.3 Å². The van der Waals surface area contributed by atoms with Crippen LogP contribution in [-0.2, 0) is 23.8 Å². The maximum atomic E-state index is 13.5. The summed E-state index contributed by atoms with van der Waals surface area (Å²) in [5.41, 5.74) is 0. The van der Waals surface area contributed by atoms with E-state index in [0.717, 1.165) is 57.8 Å². The molecule has 0 aliphatic carbocycles. The second-order valence-corrected chi connectivity index (χ2v) is 24.3. The first-order valence-corrected chi connectivity index (χ1v) is 34.6. The van der Waals surface area contributed by atoms with Gasteiger partial charge in [0.25, 0.3) is 0 Å². The highest BCUT2D eigenvalue weighted by Gasteiger charge is 2.47. The minimum absolute atomic E-state index is 0.130. The van der Waals surface area contributed by atoms with E-state index in [1.165, 1.54) is 238 Å². The fourth-order valence-electron chi connectivity index (χ4n) is 11.1. The van der Waals surface area contributed by atoms with E-state index in [1.54, 1.807) is 6.08 Å². The molecule has 0 bridgehead atoms. The number of allylic oxidation sites excluding steroid dienone is 3. The normalized spacial score (nSPS) is 18.8. The van der Waals surface area contributed by atoms with Gasteiger partial charge in [-0.25, -0.2) is 0 Å². The monoisotopic (exact) mass is 1130 g/mol. The number of unbranched alkanes of at least 4 members (excludes halogenated alkanes) is 44. The summed E-state index contributed by atoms with van der Waals surface area (Å²) in [5.74, 6) is -1.18. The zero-order chi connectivity index (χ0) is 58.2. The van der Waals surface area contributed by atoms with Crippen LogP contribution >= 0.6 is 0 Å². The molecule has 1 saturated heterocycles. The van der Waals surface area contributed by atoms with Crippen molar-refractivity contribution in [1.29, 1.82) is 0 Å². The Bertz CT molecular complexity index is 1400. The number of ether oxygens (including phenoxy) is 3. The average Bonchev–Trinajstić information content (AvgIpc) is 3.48. The van der Waals surface area contributed by atoms with E-state index in [1.807, 2.05) is 6.08 Å². The second-order valence-electron chi connectivity index (χ2n) is 24.3. The topological polar surface area (TPSA) is 175 Å². The number of hydrogen-bond acceptors (Lipinski definition) is 10. The number of esters is 1. The summed E-state index contributed by atoms with van der Waals surface area (Å²) < 4.78 is 17.7. The van der Waals surface area contributed by atoms with Crippen LogP contribution in [0.3, 0.4) is 0 Å². The van der Waals surface area contributed by atoms with Crippen molar-refractivity contribution in [3.63, 3.8) is 0 Å². The predicted molar refractivity (Wildman–Crippen MR) is 334 cm³/mol. The van der Waals surface area contributed by atoms with Crippen molar-refractivity contribution >= 4 is 11.9 Å². The van der Waals surface area contributed by atoms with E-state index < -0.39 is 67.4 Å². The molecule has 1 rings (SSSR count). The number of carbonyl (C=O) groups excluding carboxylic acids is 2. The molecule has 0 spiro atoms. The second kappa shape index (κ2) is 57.6. The molecule has 11 nitrogen and oxygen atoms in total. The summed E-state index contributed by atoms with van der Waals surface area (Å²) in [6.45, 7) is 5.84. The highest BCUT2D eigenvalue weighted by molar-refractivity contribution is 5.80. The number of nitrogens with one attached hydrogen (secondary N) is 1. The Hall–Kier alpha value is -1.86. The first-order chi connectivity index (χ1) is 39.2. The number of rotatable bonds is 60. The van der Waals surface area contributed by atoms with E-state index in [2.05, 4.69) is 38.2 Å². The number of hydrogen-bond donors (Lipinski definition) is 6. The molecule has 1 aliphatic rings. The minimum Gasteiger partial charge on any atom is -0.454 e. The van der Waals surface area contributed by atoms with Gasteiger partial charge in [-0.2, -0.15) is 0 Å². The quantitative estimate of drug-likeness (QED) is 0.0195. The molecule has 0 aromatic rings. The van der Waals surface area contributed by atoms with Crippen molar-refractivity contribution in [2.24, 2.45) is 0 Å². The molecule has 0 radical (unpaired) electrons. The Labute approximate surface area is 492 Å².